The molecule has 128 valence electrons. The number of rotatable bonds is 6. The summed E-state index contributed by atoms with van der Waals surface area (Å²) in [6.45, 7) is 2.44. The molecule has 0 aromatic heterocycles. The maximum Gasteiger partial charge on any atom is 0.259 e. The Kier molecular flexibility index (Phi) is 6.42. The molecule has 0 fully saturated rings. The van der Waals surface area contributed by atoms with Crippen molar-refractivity contribution in [3.8, 4) is 17.6 Å². The first kappa shape index (κ1) is 18.8. The van der Waals surface area contributed by atoms with Crippen LogP contribution in [0.3, 0.4) is 0 Å². The van der Waals surface area contributed by atoms with Gasteiger partial charge in [-0.2, -0.15) is 5.26 Å². The molecule has 1 amide bonds. The Bertz CT molecular complexity index is 852. The number of amides is 1. The summed E-state index contributed by atoms with van der Waals surface area (Å²) in [5.74, 6) is 0.363. The quantitative estimate of drug-likeness (QED) is 0.416. The van der Waals surface area contributed by atoms with E-state index in [1.165, 1.54) is 18.7 Å². The highest BCUT2D eigenvalue weighted by Gasteiger charge is 2.13. The lowest BCUT2D eigenvalue weighted by molar-refractivity contribution is -0.114. The standard InChI is InChI=1S/C19H17IN2O3/c1-12-3-5-13(6-4-12)11-25-18-16(20)8-14(9-17(18)24-2)7-15(10-21)19(22)23/h3-9H,11H2,1-2H3,(H2,22,23)/b15-7+. The first-order valence-electron chi connectivity index (χ1n) is 7.42. The third-order valence-electron chi connectivity index (χ3n) is 3.45. The number of aryl methyl sites for hydroxylation is 1. The van der Waals surface area contributed by atoms with Gasteiger partial charge in [0, 0.05) is 0 Å². The molecule has 0 aliphatic carbocycles. The first-order valence-corrected chi connectivity index (χ1v) is 8.50. The number of benzene rings is 2. The van der Waals surface area contributed by atoms with E-state index in [2.05, 4.69) is 22.6 Å². The number of nitrogens with zero attached hydrogens (tertiary/aromatic N) is 1. The third-order valence-corrected chi connectivity index (χ3v) is 4.25. The molecule has 2 aromatic carbocycles. The summed E-state index contributed by atoms with van der Waals surface area (Å²) in [5, 5.41) is 8.96. The number of methoxy groups -OCH3 is 1. The summed E-state index contributed by atoms with van der Waals surface area (Å²) < 4.78 is 12.1. The van der Waals surface area contributed by atoms with Crippen LogP contribution < -0.4 is 15.2 Å². The summed E-state index contributed by atoms with van der Waals surface area (Å²) in [4.78, 5) is 11.2. The van der Waals surface area contributed by atoms with Crippen LogP contribution in [0.25, 0.3) is 6.08 Å². The van der Waals surface area contributed by atoms with Gasteiger partial charge in [-0.1, -0.05) is 29.8 Å². The predicted octanol–water partition coefficient (Wildman–Crippen LogP) is 3.58. The number of primary amides is 1. The van der Waals surface area contributed by atoms with Crippen molar-refractivity contribution in [1.29, 1.82) is 5.26 Å². The Morgan fingerprint density at radius 1 is 1.32 bits per heavy atom. The maximum absolute atomic E-state index is 11.2. The largest absolute Gasteiger partial charge is 0.493 e. The van der Waals surface area contributed by atoms with Gasteiger partial charge in [-0.25, -0.2) is 0 Å². The lowest BCUT2D eigenvalue weighted by Crippen LogP contribution is -2.12. The number of ether oxygens (including phenoxy) is 2. The topological polar surface area (TPSA) is 85.3 Å². The highest BCUT2D eigenvalue weighted by atomic mass is 127. The van der Waals surface area contributed by atoms with Gasteiger partial charge in [0.2, 0.25) is 0 Å². The Morgan fingerprint density at radius 3 is 2.56 bits per heavy atom. The minimum Gasteiger partial charge on any atom is -0.493 e. The zero-order valence-corrected chi connectivity index (χ0v) is 16.0. The molecule has 0 saturated heterocycles. The molecule has 0 radical (unpaired) electrons. The number of halogens is 1. The molecule has 2 rings (SSSR count). The van der Waals surface area contributed by atoms with Crippen LogP contribution in [0, 0.1) is 21.8 Å². The zero-order valence-electron chi connectivity index (χ0n) is 13.9. The SMILES string of the molecule is COc1cc(/C=C(\C#N)C(N)=O)cc(I)c1OCc1ccc(C)cc1. The average Bonchev–Trinajstić information content (AvgIpc) is 2.59. The van der Waals surface area contributed by atoms with Crippen LogP contribution in [0.1, 0.15) is 16.7 Å². The molecule has 25 heavy (non-hydrogen) atoms. The Balaban J connectivity index is 2.29. The van der Waals surface area contributed by atoms with Crippen LogP contribution in [-0.4, -0.2) is 13.0 Å². The van der Waals surface area contributed by atoms with Crippen molar-refractivity contribution >= 4 is 34.6 Å². The molecule has 2 aromatic rings. The van der Waals surface area contributed by atoms with E-state index in [4.69, 9.17) is 20.5 Å². The Morgan fingerprint density at radius 2 is 2.00 bits per heavy atom. The normalized spacial score (nSPS) is 10.9. The van der Waals surface area contributed by atoms with E-state index in [1.807, 2.05) is 31.2 Å². The van der Waals surface area contributed by atoms with Gasteiger partial charge in [-0.15, -0.1) is 0 Å². The van der Waals surface area contributed by atoms with E-state index in [0.717, 1.165) is 9.13 Å². The minimum atomic E-state index is -0.767. The molecule has 0 spiro atoms. The molecule has 0 unspecified atom stereocenters. The third kappa shape index (κ3) is 4.97. The second-order valence-corrected chi connectivity index (χ2v) is 6.50. The van der Waals surface area contributed by atoms with Crippen molar-refractivity contribution in [1.82, 2.24) is 0 Å². The lowest BCUT2D eigenvalue weighted by Gasteiger charge is -2.14. The van der Waals surface area contributed by atoms with E-state index in [0.29, 0.717) is 23.7 Å². The van der Waals surface area contributed by atoms with Crippen LogP contribution in [0.5, 0.6) is 11.5 Å². The van der Waals surface area contributed by atoms with E-state index in [1.54, 1.807) is 18.2 Å². The molecule has 0 atom stereocenters. The molecule has 0 saturated carbocycles. The molecular weight excluding hydrogens is 431 g/mol. The minimum absolute atomic E-state index is 0.119. The van der Waals surface area contributed by atoms with Gasteiger partial charge in [-0.05, 0) is 58.9 Å². The number of hydrogen-bond donors (Lipinski definition) is 1. The van der Waals surface area contributed by atoms with Crippen molar-refractivity contribution in [3.05, 3.63) is 62.2 Å². The number of hydrogen-bond acceptors (Lipinski definition) is 4. The van der Waals surface area contributed by atoms with Crippen molar-refractivity contribution in [2.24, 2.45) is 5.73 Å². The highest BCUT2D eigenvalue weighted by molar-refractivity contribution is 14.1. The zero-order chi connectivity index (χ0) is 18.4. The van der Waals surface area contributed by atoms with Crippen LogP contribution in [0.15, 0.2) is 42.0 Å². The first-order chi connectivity index (χ1) is 11.9. The summed E-state index contributed by atoms with van der Waals surface area (Å²) in [6.07, 6.45) is 1.43. The maximum atomic E-state index is 11.2. The number of nitrogens with two attached hydrogens (primary N) is 1. The molecule has 0 heterocycles. The average molecular weight is 448 g/mol. The lowest BCUT2D eigenvalue weighted by atomic mass is 10.1. The molecule has 2 N–H and O–H groups in total. The molecule has 0 aliphatic rings. The summed E-state index contributed by atoms with van der Waals surface area (Å²) in [5.41, 5.74) is 7.93. The van der Waals surface area contributed by atoms with E-state index in [-0.39, 0.29) is 5.57 Å². The number of carbonyl (C=O) groups excluding carboxylic acids is 1. The molecule has 5 nitrogen and oxygen atoms in total. The summed E-state index contributed by atoms with van der Waals surface area (Å²) >= 11 is 2.13. The van der Waals surface area contributed by atoms with Crippen molar-refractivity contribution in [2.45, 2.75) is 13.5 Å². The Labute approximate surface area is 160 Å². The van der Waals surface area contributed by atoms with E-state index in [9.17, 15) is 4.79 Å². The van der Waals surface area contributed by atoms with Crippen LogP contribution in [-0.2, 0) is 11.4 Å². The van der Waals surface area contributed by atoms with Gasteiger partial charge in [0.1, 0.15) is 18.2 Å². The van der Waals surface area contributed by atoms with Gasteiger partial charge in [0.15, 0.2) is 11.5 Å². The summed E-state index contributed by atoms with van der Waals surface area (Å²) in [6, 6.07) is 13.4. The fraction of sp³-hybridized carbons (Fsp3) is 0.158. The van der Waals surface area contributed by atoms with Gasteiger partial charge >= 0.3 is 0 Å². The molecule has 6 heteroatoms. The second-order valence-electron chi connectivity index (χ2n) is 5.34. The van der Waals surface area contributed by atoms with Gasteiger partial charge in [0.05, 0.1) is 10.7 Å². The molecule has 0 aliphatic heterocycles. The van der Waals surface area contributed by atoms with Crippen molar-refractivity contribution in [3.63, 3.8) is 0 Å². The van der Waals surface area contributed by atoms with Gasteiger partial charge in [-0.3, -0.25) is 4.79 Å². The van der Waals surface area contributed by atoms with Crippen molar-refractivity contribution < 1.29 is 14.3 Å². The van der Waals surface area contributed by atoms with E-state index < -0.39 is 5.91 Å². The van der Waals surface area contributed by atoms with Crippen LogP contribution >= 0.6 is 22.6 Å². The number of carbonyl (C=O) groups is 1. The van der Waals surface area contributed by atoms with Crippen molar-refractivity contribution in [2.75, 3.05) is 7.11 Å². The van der Waals surface area contributed by atoms with Gasteiger partial charge < -0.3 is 15.2 Å². The van der Waals surface area contributed by atoms with E-state index >= 15 is 0 Å². The predicted molar refractivity (Wildman–Crippen MR) is 104 cm³/mol. The fourth-order valence-electron chi connectivity index (χ4n) is 2.13. The van der Waals surface area contributed by atoms with Gasteiger partial charge in [0.25, 0.3) is 5.91 Å². The fourth-order valence-corrected chi connectivity index (χ4v) is 2.91. The highest BCUT2D eigenvalue weighted by Crippen LogP contribution is 2.35. The number of nitriles is 1. The van der Waals surface area contributed by atoms with Crippen LogP contribution in [0.4, 0.5) is 0 Å². The monoisotopic (exact) mass is 448 g/mol. The van der Waals surface area contributed by atoms with Crippen LogP contribution in [0.2, 0.25) is 0 Å². The Hall–Kier alpha value is -2.53. The molecular formula is C19H17IN2O3. The second kappa shape index (κ2) is 8.53. The smallest absolute Gasteiger partial charge is 0.259 e. The molecule has 0 bridgehead atoms. The summed E-state index contributed by atoms with van der Waals surface area (Å²) in [7, 11) is 1.54.